The fourth-order valence-corrected chi connectivity index (χ4v) is 2.13. The molecule has 1 heterocycles. The standard InChI is InChI=1S/C15H19N5O2S/c1-9(2)7-8-16-15(23)20-19-14(22)12-10-5-3-4-6-11(10)13(21)18-17-12/h3-6,9H,7-8H2,1-2H3,(H,18,21)(H,19,22)(H2,16,20,23). The number of amides is 1. The van der Waals surface area contributed by atoms with E-state index in [2.05, 4.69) is 40.2 Å². The molecule has 2 aromatic rings. The summed E-state index contributed by atoms with van der Waals surface area (Å²) in [6, 6.07) is 6.78. The van der Waals surface area contributed by atoms with E-state index in [0.717, 1.165) is 13.0 Å². The molecule has 7 nitrogen and oxygen atoms in total. The quantitative estimate of drug-likeness (QED) is 0.494. The molecule has 1 aromatic heterocycles. The van der Waals surface area contributed by atoms with Crippen LogP contribution < -0.4 is 21.7 Å². The van der Waals surface area contributed by atoms with Crippen molar-refractivity contribution in [2.75, 3.05) is 6.54 Å². The lowest BCUT2D eigenvalue weighted by Gasteiger charge is -2.12. The largest absolute Gasteiger partial charge is 0.361 e. The number of carbonyl (C=O) groups is 1. The van der Waals surface area contributed by atoms with Gasteiger partial charge < -0.3 is 5.32 Å². The normalized spacial score (nSPS) is 10.6. The van der Waals surface area contributed by atoms with E-state index in [-0.39, 0.29) is 11.3 Å². The number of hydrogen-bond acceptors (Lipinski definition) is 4. The predicted molar refractivity (Wildman–Crippen MR) is 93.0 cm³/mol. The Morgan fingerprint density at radius 2 is 1.96 bits per heavy atom. The minimum absolute atomic E-state index is 0.123. The zero-order valence-electron chi connectivity index (χ0n) is 13.0. The Hall–Kier alpha value is -2.48. The third-order valence-corrected chi connectivity index (χ3v) is 3.45. The second-order valence-corrected chi connectivity index (χ2v) is 5.87. The first-order chi connectivity index (χ1) is 11.0. The molecule has 0 aliphatic carbocycles. The maximum absolute atomic E-state index is 12.2. The molecule has 8 heteroatoms. The number of fused-ring (bicyclic) bond motifs is 1. The summed E-state index contributed by atoms with van der Waals surface area (Å²) in [7, 11) is 0. The Morgan fingerprint density at radius 1 is 1.26 bits per heavy atom. The van der Waals surface area contributed by atoms with Gasteiger partial charge in [0, 0.05) is 11.9 Å². The minimum Gasteiger partial charge on any atom is -0.361 e. The molecule has 4 N–H and O–H groups in total. The molecule has 0 bridgehead atoms. The van der Waals surface area contributed by atoms with Gasteiger partial charge in [0.1, 0.15) is 0 Å². The van der Waals surface area contributed by atoms with Crippen LogP contribution in [0, 0.1) is 5.92 Å². The minimum atomic E-state index is -0.481. The van der Waals surface area contributed by atoms with Gasteiger partial charge in [-0.05, 0) is 30.6 Å². The molecule has 0 saturated heterocycles. The van der Waals surface area contributed by atoms with Gasteiger partial charge in [-0.15, -0.1) is 0 Å². The van der Waals surface area contributed by atoms with Gasteiger partial charge in [0.25, 0.3) is 11.5 Å². The van der Waals surface area contributed by atoms with E-state index in [1.165, 1.54) is 0 Å². The van der Waals surface area contributed by atoms with Gasteiger partial charge in [-0.2, -0.15) is 5.10 Å². The highest BCUT2D eigenvalue weighted by Gasteiger charge is 2.13. The number of thiocarbonyl (C=S) groups is 1. The maximum atomic E-state index is 12.2. The number of aromatic amines is 1. The first-order valence-electron chi connectivity index (χ1n) is 7.30. The summed E-state index contributed by atoms with van der Waals surface area (Å²) in [4.78, 5) is 23.9. The van der Waals surface area contributed by atoms with Crippen molar-refractivity contribution in [1.82, 2.24) is 26.4 Å². The highest BCUT2D eigenvalue weighted by molar-refractivity contribution is 7.80. The van der Waals surface area contributed by atoms with E-state index in [1.807, 2.05) is 0 Å². The van der Waals surface area contributed by atoms with Gasteiger partial charge >= 0.3 is 0 Å². The summed E-state index contributed by atoms with van der Waals surface area (Å²) in [5, 5.41) is 10.3. The average molecular weight is 333 g/mol. The lowest BCUT2D eigenvalue weighted by Crippen LogP contribution is -2.47. The van der Waals surface area contributed by atoms with Crippen LogP contribution >= 0.6 is 12.2 Å². The summed E-state index contributed by atoms with van der Waals surface area (Å²) >= 11 is 5.08. The molecule has 0 spiro atoms. The topological polar surface area (TPSA) is 98.9 Å². The zero-order chi connectivity index (χ0) is 16.8. The van der Waals surface area contributed by atoms with Gasteiger partial charge in [-0.3, -0.25) is 20.4 Å². The highest BCUT2D eigenvalue weighted by Crippen LogP contribution is 2.11. The predicted octanol–water partition coefficient (Wildman–Crippen LogP) is 1.08. The summed E-state index contributed by atoms with van der Waals surface area (Å²) in [5.41, 5.74) is 4.88. The molecule has 1 amide bonds. The van der Waals surface area contributed by atoms with E-state index in [9.17, 15) is 9.59 Å². The summed E-state index contributed by atoms with van der Waals surface area (Å²) in [6.07, 6.45) is 0.974. The number of aromatic nitrogens is 2. The number of hydrogen-bond donors (Lipinski definition) is 4. The Bertz CT molecular complexity index is 772. The van der Waals surface area contributed by atoms with E-state index in [0.29, 0.717) is 21.8 Å². The molecule has 0 atom stereocenters. The van der Waals surface area contributed by atoms with Gasteiger partial charge in [0.05, 0.1) is 5.39 Å². The molecule has 122 valence electrons. The Morgan fingerprint density at radius 3 is 2.65 bits per heavy atom. The molecule has 0 radical (unpaired) electrons. The lowest BCUT2D eigenvalue weighted by molar-refractivity contribution is 0.0939. The maximum Gasteiger partial charge on any atom is 0.290 e. The van der Waals surface area contributed by atoms with E-state index < -0.39 is 5.91 Å². The number of nitrogens with zero attached hydrogens (tertiary/aromatic N) is 1. The molecular formula is C15H19N5O2S. The van der Waals surface area contributed by atoms with Gasteiger partial charge in [-0.25, -0.2) is 5.10 Å². The highest BCUT2D eigenvalue weighted by atomic mass is 32.1. The number of nitrogens with one attached hydrogen (secondary N) is 4. The number of benzene rings is 1. The Kier molecular flexibility index (Phi) is 5.64. The van der Waals surface area contributed by atoms with Crippen molar-refractivity contribution in [3.63, 3.8) is 0 Å². The van der Waals surface area contributed by atoms with E-state index >= 15 is 0 Å². The van der Waals surface area contributed by atoms with Crippen LogP contribution in [0.4, 0.5) is 0 Å². The second-order valence-electron chi connectivity index (χ2n) is 5.46. The van der Waals surface area contributed by atoms with Crippen LogP contribution in [0.15, 0.2) is 29.1 Å². The van der Waals surface area contributed by atoms with Crippen LogP contribution in [0.3, 0.4) is 0 Å². The third kappa shape index (κ3) is 4.49. The number of rotatable bonds is 4. The van der Waals surface area contributed by atoms with Crippen molar-refractivity contribution in [3.8, 4) is 0 Å². The van der Waals surface area contributed by atoms with Crippen molar-refractivity contribution in [2.24, 2.45) is 5.92 Å². The first-order valence-corrected chi connectivity index (χ1v) is 7.71. The van der Waals surface area contributed by atoms with Crippen LogP contribution in [-0.2, 0) is 0 Å². The smallest absolute Gasteiger partial charge is 0.290 e. The molecule has 23 heavy (non-hydrogen) atoms. The number of hydrazine groups is 1. The van der Waals surface area contributed by atoms with Crippen molar-refractivity contribution in [2.45, 2.75) is 20.3 Å². The van der Waals surface area contributed by atoms with Crippen LogP contribution in [0.1, 0.15) is 30.8 Å². The van der Waals surface area contributed by atoms with Crippen LogP contribution in [0.5, 0.6) is 0 Å². The second kappa shape index (κ2) is 7.68. The first kappa shape index (κ1) is 16.9. The van der Waals surface area contributed by atoms with E-state index in [4.69, 9.17) is 12.2 Å². The molecule has 1 aromatic carbocycles. The number of H-pyrrole nitrogens is 1. The zero-order valence-corrected chi connectivity index (χ0v) is 13.8. The molecule has 0 unspecified atom stereocenters. The lowest BCUT2D eigenvalue weighted by atomic mass is 10.1. The Balaban J connectivity index is 2.01. The molecule has 2 rings (SSSR count). The summed E-state index contributed by atoms with van der Waals surface area (Å²) in [6.45, 7) is 4.96. The molecular weight excluding hydrogens is 314 g/mol. The summed E-state index contributed by atoms with van der Waals surface area (Å²) < 4.78 is 0. The van der Waals surface area contributed by atoms with Crippen molar-refractivity contribution < 1.29 is 4.79 Å². The Labute approximate surface area is 138 Å². The van der Waals surface area contributed by atoms with Gasteiger partial charge in [0.2, 0.25) is 0 Å². The van der Waals surface area contributed by atoms with E-state index in [1.54, 1.807) is 24.3 Å². The van der Waals surface area contributed by atoms with Crippen molar-refractivity contribution in [1.29, 1.82) is 0 Å². The summed E-state index contributed by atoms with van der Waals surface area (Å²) in [5.74, 6) is 0.0852. The van der Waals surface area contributed by atoms with Gasteiger partial charge in [-0.1, -0.05) is 32.0 Å². The molecule has 0 aliphatic heterocycles. The van der Waals surface area contributed by atoms with Crippen molar-refractivity contribution >= 4 is 34.0 Å². The average Bonchev–Trinajstić information content (AvgIpc) is 2.53. The number of carbonyl (C=O) groups excluding carboxylic acids is 1. The van der Waals surface area contributed by atoms with Crippen molar-refractivity contribution in [3.05, 3.63) is 40.3 Å². The third-order valence-electron chi connectivity index (χ3n) is 3.21. The monoisotopic (exact) mass is 333 g/mol. The molecule has 0 aliphatic rings. The molecule has 0 saturated carbocycles. The SMILES string of the molecule is CC(C)CCNC(=S)NNC(=O)c1n[nH]c(=O)c2ccccc12. The fourth-order valence-electron chi connectivity index (χ4n) is 1.98. The van der Waals surface area contributed by atoms with Crippen LogP contribution in [-0.4, -0.2) is 27.8 Å². The fraction of sp³-hybridized carbons (Fsp3) is 0.333. The van der Waals surface area contributed by atoms with Crippen LogP contribution in [0.25, 0.3) is 10.8 Å². The van der Waals surface area contributed by atoms with Crippen LogP contribution in [0.2, 0.25) is 0 Å². The van der Waals surface area contributed by atoms with Gasteiger partial charge in [0.15, 0.2) is 10.8 Å². The molecule has 0 fully saturated rings.